The van der Waals surface area contributed by atoms with Gasteiger partial charge in [0.15, 0.2) is 12.4 Å². The zero-order valence-corrected chi connectivity index (χ0v) is 15.3. The summed E-state index contributed by atoms with van der Waals surface area (Å²) in [6.07, 6.45) is 1.10. The molecule has 0 saturated carbocycles. The summed E-state index contributed by atoms with van der Waals surface area (Å²) in [5, 5.41) is 0. The van der Waals surface area contributed by atoms with Crippen LogP contribution in [-0.2, 0) is 16.0 Å². The molecule has 0 spiro atoms. The van der Waals surface area contributed by atoms with E-state index in [0.29, 0.717) is 6.02 Å². The molecule has 1 aliphatic heterocycles. The van der Waals surface area contributed by atoms with Gasteiger partial charge in [-0.15, -0.1) is 0 Å². The number of halogens is 1. The number of ether oxygens (including phenoxy) is 1. The Morgan fingerprint density at radius 3 is 2.71 bits per heavy atom. The van der Waals surface area contributed by atoms with Gasteiger partial charge in [-0.25, -0.2) is 0 Å². The lowest BCUT2D eigenvalue weighted by atomic mass is 10.0. The number of aliphatic imine (C=N–C) groups is 1. The number of amidine groups is 1. The van der Waals surface area contributed by atoms with Crippen molar-refractivity contribution in [2.45, 2.75) is 19.4 Å². The third kappa shape index (κ3) is 3.36. The molecule has 0 aliphatic carbocycles. The van der Waals surface area contributed by atoms with Gasteiger partial charge in [0.25, 0.3) is 6.02 Å². The monoisotopic (exact) mass is 386 g/mol. The van der Waals surface area contributed by atoms with E-state index < -0.39 is 6.10 Å². The minimum atomic E-state index is -0.621. The highest BCUT2D eigenvalue weighted by molar-refractivity contribution is 9.10. The first-order valence-corrected chi connectivity index (χ1v) is 8.64. The maximum atomic E-state index is 11.5. The molecule has 0 N–H and O–H groups in total. The van der Waals surface area contributed by atoms with E-state index in [1.165, 1.54) is 5.56 Å². The lowest BCUT2D eigenvalue weighted by Gasteiger charge is -2.29. The average molecular weight is 387 g/mol. The van der Waals surface area contributed by atoms with Gasteiger partial charge in [0.1, 0.15) is 0 Å². The van der Waals surface area contributed by atoms with Gasteiger partial charge >= 0.3 is 0 Å². The number of hydrogen-bond acceptors (Lipinski definition) is 4. The molecule has 124 valence electrons. The number of hydrogen-bond donors (Lipinski definition) is 0. The Bertz CT molecular complexity index is 774. The lowest BCUT2D eigenvalue weighted by Crippen LogP contribution is -2.34. The van der Waals surface area contributed by atoms with E-state index in [1.54, 1.807) is 0 Å². The van der Waals surface area contributed by atoms with E-state index >= 15 is 0 Å². The number of carbonyl (C=O) groups is 1. The van der Waals surface area contributed by atoms with E-state index in [2.05, 4.69) is 33.1 Å². The zero-order chi connectivity index (χ0) is 17.1. The minimum Gasteiger partial charge on any atom is -0.449 e. The SMILES string of the molecule is Cc1c(Br)ccc2c1C(C=O)OC(N(C)CCc1ccccc1)=N2. The number of nitrogens with zero attached hydrogens (tertiary/aromatic N) is 2. The second-order valence-corrected chi connectivity index (χ2v) is 6.69. The van der Waals surface area contributed by atoms with Gasteiger partial charge in [0.2, 0.25) is 0 Å². The van der Waals surface area contributed by atoms with Crippen LogP contribution in [0.3, 0.4) is 0 Å². The van der Waals surface area contributed by atoms with Crippen LogP contribution in [0.1, 0.15) is 22.8 Å². The van der Waals surface area contributed by atoms with Gasteiger partial charge in [0, 0.05) is 23.6 Å². The van der Waals surface area contributed by atoms with Crippen molar-refractivity contribution in [2.24, 2.45) is 4.99 Å². The zero-order valence-electron chi connectivity index (χ0n) is 13.7. The second kappa shape index (κ2) is 7.18. The van der Waals surface area contributed by atoms with Crippen LogP contribution in [0.5, 0.6) is 0 Å². The summed E-state index contributed by atoms with van der Waals surface area (Å²) in [7, 11) is 1.93. The predicted octanol–water partition coefficient (Wildman–Crippen LogP) is 4.19. The first-order valence-electron chi connectivity index (χ1n) is 7.85. The molecule has 2 aromatic rings. The van der Waals surface area contributed by atoms with Gasteiger partial charge in [0.05, 0.1) is 5.69 Å². The number of likely N-dealkylation sites (N-methyl/N-ethyl adjacent to an activating group) is 1. The summed E-state index contributed by atoms with van der Waals surface area (Å²) in [4.78, 5) is 18.1. The highest BCUT2D eigenvalue weighted by Crippen LogP contribution is 2.37. The number of rotatable bonds is 4. The maximum absolute atomic E-state index is 11.5. The van der Waals surface area contributed by atoms with E-state index in [-0.39, 0.29) is 0 Å². The molecule has 5 heteroatoms. The number of carbonyl (C=O) groups excluding carboxylic acids is 1. The highest BCUT2D eigenvalue weighted by Gasteiger charge is 2.27. The van der Waals surface area contributed by atoms with Crippen molar-refractivity contribution in [1.82, 2.24) is 4.90 Å². The maximum Gasteiger partial charge on any atom is 0.293 e. The Balaban J connectivity index is 1.82. The Labute approximate surface area is 150 Å². The van der Waals surface area contributed by atoms with Crippen LogP contribution in [-0.4, -0.2) is 30.8 Å². The first kappa shape index (κ1) is 16.7. The lowest BCUT2D eigenvalue weighted by molar-refractivity contribution is -0.114. The fraction of sp³-hybridized carbons (Fsp3) is 0.263. The molecular formula is C19H19BrN2O2. The summed E-state index contributed by atoms with van der Waals surface area (Å²) in [6.45, 7) is 2.72. The van der Waals surface area contributed by atoms with Crippen LogP contribution in [0, 0.1) is 6.92 Å². The standard InChI is InChI=1S/C19H19BrN2O2/c1-13-15(20)8-9-16-18(13)17(12-23)24-19(21-16)22(2)11-10-14-6-4-3-5-7-14/h3-9,12,17H,10-11H2,1-2H3. The molecule has 1 atom stereocenters. The van der Waals surface area contributed by atoms with Crippen molar-refractivity contribution in [2.75, 3.05) is 13.6 Å². The molecular weight excluding hydrogens is 368 g/mol. The van der Waals surface area contributed by atoms with E-state index in [4.69, 9.17) is 4.74 Å². The fourth-order valence-electron chi connectivity index (χ4n) is 2.75. The Hall–Kier alpha value is -2.14. The van der Waals surface area contributed by atoms with Crippen molar-refractivity contribution in [1.29, 1.82) is 0 Å². The quantitative estimate of drug-likeness (QED) is 0.739. The largest absolute Gasteiger partial charge is 0.449 e. The molecule has 4 nitrogen and oxygen atoms in total. The van der Waals surface area contributed by atoms with Crippen molar-refractivity contribution in [3.05, 3.63) is 63.6 Å². The van der Waals surface area contributed by atoms with Crippen LogP contribution >= 0.6 is 15.9 Å². The smallest absolute Gasteiger partial charge is 0.293 e. The summed E-state index contributed by atoms with van der Waals surface area (Å²) in [6, 6.07) is 14.6. The average Bonchev–Trinajstić information content (AvgIpc) is 2.62. The van der Waals surface area contributed by atoms with Gasteiger partial charge in [-0.2, -0.15) is 4.99 Å². The Morgan fingerprint density at radius 1 is 1.25 bits per heavy atom. The molecule has 0 saturated heterocycles. The second-order valence-electron chi connectivity index (χ2n) is 5.83. The molecule has 0 fully saturated rings. The number of aldehydes is 1. The van der Waals surface area contributed by atoms with Crippen LogP contribution in [0.15, 0.2) is 51.9 Å². The third-order valence-electron chi connectivity index (χ3n) is 4.19. The first-order chi connectivity index (χ1) is 11.6. The van der Waals surface area contributed by atoms with Crippen molar-refractivity contribution in [3.8, 4) is 0 Å². The van der Waals surface area contributed by atoms with Gasteiger partial charge < -0.3 is 9.64 Å². The van der Waals surface area contributed by atoms with Gasteiger partial charge in [-0.3, -0.25) is 4.79 Å². The van der Waals surface area contributed by atoms with E-state index in [0.717, 1.165) is 40.5 Å². The molecule has 0 aromatic heterocycles. The number of benzene rings is 2. The molecule has 1 unspecified atom stereocenters. The van der Waals surface area contributed by atoms with Crippen molar-refractivity contribution < 1.29 is 9.53 Å². The van der Waals surface area contributed by atoms with Gasteiger partial charge in [-0.1, -0.05) is 46.3 Å². The van der Waals surface area contributed by atoms with Crippen molar-refractivity contribution in [3.63, 3.8) is 0 Å². The molecule has 3 rings (SSSR count). The molecule has 1 heterocycles. The Kier molecular flexibility index (Phi) is 5.00. The minimum absolute atomic E-state index is 0.484. The predicted molar refractivity (Wildman–Crippen MR) is 98.6 cm³/mol. The summed E-state index contributed by atoms with van der Waals surface area (Å²) in [5.74, 6) is 0. The fourth-order valence-corrected chi connectivity index (χ4v) is 3.10. The van der Waals surface area contributed by atoms with Crippen LogP contribution < -0.4 is 0 Å². The van der Waals surface area contributed by atoms with Crippen LogP contribution in [0.4, 0.5) is 5.69 Å². The molecule has 0 radical (unpaired) electrons. The van der Waals surface area contributed by atoms with E-state index in [9.17, 15) is 4.79 Å². The van der Waals surface area contributed by atoms with Crippen molar-refractivity contribution >= 4 is 33.9 Å². The molecule has 0 bridgehead atoms. The highest BCUT2D eigenvalue weighted by atomic mass is 79.9. The van der Waals surface area contributed by atoms with E-state index in [1.807, 2.05) is 49.2 Å². The Morgan fingerprint density at radius 2 is 2.00 bits per heavy atom. The molecule has 0 amide bonds. The summed E-state index contributed by atoms with van der Waals surface area (Å²) >= 11 is 3.50. The van der Waals surface area contributed by atoms with Gasteiger partial charge in [-0.05, 0) is 36.6 Å². The molecule has 2 aromatic carbocycles. The topological polar surface area (TPSA) is 41.9 Å². The molecule has 1 aliphatic rings. The normalized spacial score (nSPS) is 16.0. The number of fused-ring (bicyclic) bond motifs is 1. The van der Waals surface area contributed by atoms with Crippen LogP contribution in [0.25, 0.3) is 0 Å². The van der Waals surface area contributed by atoms with Crippen LogP contribution in [0.2, 0.25) is 0 Å². The summed E-state index contributed by atoms with van der Waals surface area (Å²) in [5.41, 5.74) is 3.87. The third-order valence-corrected chi connectivity index (χ3v) is 5.05. The summed E-state index contributed by atoms with van der Waals surface area (Å²) < 4.78 is 6.79. The molecule has 24 heavy (non-hydrogen) atoms.